The monoisotopic (exact) mass is 261 g/mol. The fourth-order valence-electron chi connectivity index (χ4n) is 1.31. The molecule has 0 aromatic heterocycles. The first-order valence-corrected chi connectivity index (χ1v) is 7.60. The fourth-order valence-corrected chi connectivity index (χ4v) is 2.77. The van der Waals surface area contributed by atoms with Gasteiger partial charge in [0.05, 0.1) is 0 Å². The highest BCUT2D eigenvalue weighted by Gasteiger charge is 2.17. The van der Waals surface area contributed by atoms with Gasteiger partial charge in [-0.2, -0.15) is 0 Å². The molecule has 0 aromatic carbocycles. The van der Waals surface area contributed by atoms with Crippen molar-refractivity contribution in [3.8, 4) is 0 Å². The lowest BCUT2D eigenvalue weighted by molar-refractivity contribution is -0.118. The summed E-state index contributed by atoms with van der Waals surface area (Å²) in [5.41, 5.74) is 0.231. The number of hydrogen-bond acceptors (Lipinski definition) is 2. The van der Waals surface area contributed by atoms with Gasteiger partial charge in [0.15, 0.2) is 0 Å². The predicted octanol–water partition coefficient (Wildman–Crippen LogP) is 2.33. The first-order valence-electron chi connectivity index (χ1n) is 6.11. The van der Waals surface area contributed by atoms with Crippen LogP contribution in [0.1, 0.15) is 48.0 Å². The van der Waals surface area contributed by atoms with Gasteiger partial charge in [0.1, 0.15) is 5.75 Å². The van der Waals surface area contributed by atoms with Crippen LogP contribution in [0.25, 0.3) is 0 Å². The summed E-state index contributed by atoms with van der Waals surface area (Å²) >= 11 is 0. The predicted molar refractivity (Wildman–Crippen MR) is 74.4 cm³/mol. The zero-order chi connectivity index (χ0) is 13.7. The molecule has 0 saturated carbocycles. The second-order valence-electron chi connectivity index (χ2n) is 6.95. The molecule has 3 nitrogen and oxygen atoms in total. The zero-order valence-electron chi connectivity index (χ0n) is 12.1. The van der Waals surface area contributed by atoms with E-state index in [-0.39, 0.29) is 22.5 Å². The first-order chi connectivity index (χ1) is 7.49. The van der Waals surface area contributed by atoms with Crippen molar-refractivity contribution in [1.82, 2.24) is 5.32 Å². The summed E-state index contributed by atoms with van der Waals surface area (Å²) in [5.74, 6) is 0.595. The van der Waals surface area contributed by atoms with E-state index in [1.807, 2.05) is 20.8 Å². The first kappa shape index (κ1) is 16.6. The number of carbonyl (C=O) groups is 1. The summed E-state index contributed by atoms with van der Waals surface area (Å²) in [4.78, 5) is 11.5. The van der Waals surface area contributed by atoms with Gasteiger partial charge in [-0.15, -0.1) is 0 Å². The topological polar surface area (TPSA) is 46.2 Å². The molecule has 0 aliphatic heterocycles. The third kappa shape index (κ3) is 11.9. The molecule has 0 aliphatic carbocycles. The van der Waals surface area contributed by atoms with E-state index in [0.717, 1.165) is 6.42 Å². The molecule has 0 rings (SSSR count). The second kappa shape index (κ2) is 6.53. The van der Waals surface area contributed by atoms with Crippen molar-refractivity contribution in [2.45, 2.75) is 48.0 Å². The van der Waals surface area contributed by atoms with Crippen LogP contribution >= 0.6 is 0 Å². The van der Waals surface area contributed by atoms with Gasteiger partial charge >= 0.3 is 0 Å². The van der Waals surface area contributed by atoms with Crippen LogP contribution in [-0.2, 0) is 15.6 Å². The van der Waals surface area contributed by atoms with Crippen LogP contribution in [0.3, 0.4) is 0 Å². The highest BCUT2D eigenvalue weighted by molar-refractivity contribution is 7.85. The molecular weight excluding hydrogens is 234 g/mol. The summed E-state index contributed by atoms with van der Waals surface area (Å²) in [7, 11) is -1.06. The van der Waals surface area contributed by atoms with Gasteiger partial charge in [-0.3, -0.25) is 9.00 Å². The molecule has 0 bridgehead atoms. The maximum atomic E-state index is 11.7. The highest BCUT2D eigenvalue weighted by atomic mass is 32.2. The molecule has 0 radical (unpaired) electrons. The average Bonchev–Trinajstić information content (AvgIpc) is 1.96. The van der Waals surface area contributed by atoms with E-state index in [1.54, 1.807) is 0 Å². The van der Waals surface area contributed by atoms with E-state index >= 15 is 0 Å². The van der Waals surface area contributed by atoms with E-state index in [1.165, 1.54) is 0 Å². The number of rotatable bonds is 5. The maximum absolute atomic E-state index is 11.7. The third-order valence-corrected chi connectivity index (χ3v) is 3.86. The summed E-state index contributed by atoms with van der Waals surface area (Å²) in [6.07, 6.45) is 0.935. The number of amides is 1. The molecule has 0 heterocycles. The Morgan fingerprint density at radius 2 is 1.59 bits per heavy atom. The molecule has 0 aromatic rings. The lowest BCUT2D eigenvalue weighted by Gasteiger charge is -2.19. The van der Waals surface area contributed by atoms with Crippen molar-refractivity contribution in [3.63, 3.8) is 0 Å². The van der Waals surface area contributed by atoms with E-state index in [0.29, 0.717) is 12.3 Å². The van der Waals surface area contributed by atoms with E-state index in [9.17, 15) is 9.00 Å². The van der Waals surface area contributed by atoms with Crippen LogP contribution in [-0.4, -0.2) is 28.2 Å². The molecule has 1 atom stereocenters. The minimum Gasteiger partial charge on any atom is -0.355 e. The second-order valence-corrected chi connectivity index (χ2v) is 8.41. The highest BCUT2D eigenvalue weighted by Crippen LogP contribution is 2.17. The van der Waals surface area contributed by atoms with Crippen LogP contribution in [0.15, 0.2) is 0 Å². The summed E-state index contributed by atoms with van der Waals surface area (Å²) in [6, 6.07) is 0. The lowest BCUT2D eigenvalue weighted by atomic mass is 9.92. The Morgan fingerprint density at radius 1 is 1.06 bits per heavy atom. The standard InChI is InChI=1S/C13H27NO2S/c1-12(2,3)7-8-14-11(15)9-17(16)10-13(4,5)6/h7-10H2,1-6H3,(H,14,15). The molecule has 0 spiro atoms. The molecule has 1 unspecified atom stereocenters. The van der Waals surface area contributed by atoms with Crippen LogP contribution in [0.4, 0.5) is 0 Å². The van der Waals surface area contributed by atoms with Crippen LogP contribution in [0.2, 0.25) is 0 Å². The van der Waals surface area contributed by atoms with Gasteiger partial charge in [0.25, 0.3) is 0 Å². The molecule has 0 saturated heterocycles. The minimum absolute atomic E-state index is 0.0105. The molecule has 17 heavy (non-hydrogen) atoms. The van der Waals surface area contributed by atoms with Crippen LogP contribution in [0, 0.1) is 10.8 Å². The van der Waals surface area contributed by atoms with Gasteiger partial charge < -0.3 is 5.32 Å². The minimum atomic E-state index is -1.06. The molecule has 102 valence electrons. The SMILES string of the molecule is CC(C)(C)CCNC(=O)CS(=O)CC(C)(C)C. The summed E-state index contributed by atoms with van der Waals surface area (Å²) in [5, 5.41) is 2.82. The van der Waals surface area contributed by atoms with Crippen molar-refractivity contribution >= 4 is 16.7 Å². The molecular formula is C13H27NO2S. The Kier molecular flexibility index (Phi) is 6.38. The molecule has 1 amide bonds. The Hall–Kier alpha value is -0.380. The van der Waals surface area contributed by atoms with Gasteiger partial charge in [0, 0.05) is 23.1 Å². The zero-order valence-corrected chi connectivity index (χ0v) is 12.9. The maximum Gasteiger partial charge on any atom is 0.232 e. The fraction of sp³-hybridized carbons (Fsp3) is 0.923. The summed E-state index contributed by atoms with van der Waals surface area (Å²) in [6.45, 7) is 13.2. The van der Waals surface area contributed by atoms with Crippen LogP contribution in [0.5, 0.6) is 0 Å². The average molecular weight is 261 g/mol. The van der Waals surface area contributed by atoms with Gasteiger partial charge in [-0.25, -0.2) is 0 Å². The van der Waals surface area contributed by atoms with Gasteiger partial charge in [0.2, 0.25) is 5.91 Å². The number of hydrogen-bond donors (Lipinski definition) is 1. The van der Waals surface area contributed by atoms with E-state index in [4.69, 9.17) is 0 Å². The number of carbonyl (C=O) groups excluding carboxylic acids is 1. The third-order valence-electron chi connectivity index (χ3n) is 2.08. The van der Waals surface area contributed by atoms with Gasteiger partial charge in [-0.05, 0) is 17.3 Å². The Bertz CT molecular complexity index is 274. The van der Waals surface area contributed by atoms with Crippen LogP contribution < -0.4 is 5.32 Å². The molecule has 4 heteroatoms. The Balaban J connectivity index is 3.84. The van der Waals surface area contributed by atoms with Gasteiger partial charge in [-0.1, -0.05) is 41.5 Å². The largest absolute Gasteiger partial charge is 0.355 e. The van der Waals surface area contributed by atoms with E-state index in [2.05, 4.69) is 26.1 Å². The van der Waals surface area contributed by atoms with Crippen molar-refractivity contribution < 1.29 is 9.00 Å². The Morgan fingerprint density at radius 3 is 2.00 bits per heavy atom. The molecule has 1 N–H and O–H groups in total. The smallest absolute Gasteiger partial charge is 0.232 e. The molecule has 0 fully saturated rings. The van der Waals surface area contributed by atoms with E-state index < -0.39 is 10.8 Å². The van der Waals surface area contributed by atoms with Crippen molar-refractivity contribution in [1.29, 1.82) is 0 Å². The lowest BCUT2D eigenvalue weighted by Crippen LogP contribution is -2.32. The summed E-state index contributed by atoms with van der Waals surface area (Å²) < 4.78 is 11.7. The van der Waals surface area contributed by atoms with Crippen molar-refractivity contribution in [3.05, 3.63) is 0 Å². The Labute approximate surface area is 108 Å². The van der Waals surface area contributed by atoms with Crippen molar-refractivity contribution in [2.75, 3.05) is 18.1 Å². The van der Waals surface area contributed by atoms with Crippen molar-refractivity contribution in [2.24, 2.45) is 10.8 Å². The number of nitrogens with one attached hydrogen (secondary N) is 1. The molecule has 0 aliphatic rings. The quantitative estimate of drug-likeness (QED) is 0.825. The normalized spacial score (nSPS) is 14.5.